The van der Waals surface area contributed by atoms with Gasteiger partial charge < -0.3 is 34.6 Å². The molecule has 0 saturated carbocycles. The molecule has 11 nitrogen and oxygen atoms in total. The number of hydrogen-bond donors (Lipinski definition) is 2. The van der Waals surface area contributed by atoms with Crippen molar-refractivity contribution < 1.29 is 23.8 Å². The average Bonchev–Trinajstić information content (AvgIpc) is 3.01. The summed E-state index contributed by atoms with van der Waals surface area (Å²) in [6, 6.07) is 13.0. The molecule has 2 aromatic carbocycles. The van der Waals surface area contributed by atoms with E-state index in [-0.39, 0.29) is 11.8 Å². The minimum absolute atomic E-state index is 0.0853. The summed E-state index contributed by atoms with van der Waals surface area (Å²) in [5, 5.41) is 6.68. The van der Waals surface area contributed by atoms with E-state index in [1.807, 2.05) is 35.2 Å². The number of rotatable bonds is 12. The molecule has 4 rings (SSSR count). The van der Waals surface area contributed by atoms with Crippen LogP contribution in [0.5, 0.6) is 17.2 Å². The monoisotopic (exact) mass is 596 g/mol. The number of carbonyl (C=O) groups excluding carboxylic acids is 2. The van der Waals surface area contributed by atoms with Gasteiger partial charge in [0.2, 0.25) is 17.6 Å². The molecule has 224 valence electrons. The van der Waals surface area contributed by atoms with Crippen molar-refractivity contribution in [2.75, 3.05) is 70.8 Å². The third-order valence-corrected chi connectivity index (χ3v) is 7.18. The van der Waals surface area contributed by atoms with Crippen LogP contribution in [0.3, 0.4) is 0 Å². The Morgan fingerprint density at radius 3 is 2.17 bits per heavy atom. The number of ether oxygens (including phenoxy) is 3. The molecule has 3 aromatic rings. The second-order valence-electron chi connectivity index (χ2n) is 9.75. The maximum absolute atomic E-state index is 13.1. The zero-order valence-electron chi connectivity index (χ0n) is 24.4. The SMILES string of the molecule is COc1cc(CCC(=O)N2CCN(c3cc(NCCNC(C)=O)nc(-c4ccc(Cl)cc4)n3)CC2)cc(OC)c1OC. The van der Waals surface area contributed by atoms with Gasteiger partial charge in [0.15, 0.2) is 17.3 Å². The van der Waals surface area contributed by atoms with Gasteiger partial charge in [0.05, 0.1) is 21.3 Å². The molecule has 1 saturated heterocycles. The van der Waals surface area contributed by atoms with Crippen LogP contribution in [0.25, 0.3) is 11.4 Å². The normalized spacial score (nSPS) is 13.0. The summed E-state index contributed by atoms with van der Waals surface area (Å²) >= 11 is 6.09. The van der Waals surface area contributed by atoms with Crippen molar-refractivity contribution in [3.8, 4) is 28.6 Å². The predicted octanol–water partition coefficient (Wildman–Crippen LogP) is 3.65. The van der Waals surface area contributed by atoms with Crippen LogP contribution in [0.4, 0.5) is 11.6 Å². The number of nitrogens with zero attached hydrogens (tertiary/aromatic N) is 4. The third-order valence-electron chi connectivity index (χ3n) is 6.93. The number of aryl methyl sites for hydroxylation is 1. The summed E-state index contributed by atoms with van der Waals surface area (Å²) in [6.07, 6.45) is 0.925. The highest BCUT2D eigenvalue weighted by molar-refractivity contribution is 6.30. The van der Waals surface area contributed by atoms with Crippen LogP contribution in [-0.2, 0) is 16.0 Å². The number of anilines is 2. The molecular weight excluding hydrogens is 560 g/mol. The van der Waals surface area contributed by atoms with E-state index >= 15 is 0 Å². The fraction of sp³-hybridized carbons (Fsp3) is 0.400. The Hall–Kier alpha value is -4.25. The molecule has 1 aromatic heterocycles. The minimum Gasteiger partial charge on any atom is -0.493 e. The first kappa shape index (κ1) is 30.7. The smallest absolute Gasteiger partial charge is 0.223 e. The van der Waals surface area contributed by atoms with Crippen molar-refractivity contribution in [2.45, 2.75) is 19.8 Å². The van der Waals surface area contributed by atoms with E-state index in [9.17, 15) is 9.59 Å². The minimum atomic E-state index is -0.0853. The third kappa shape index (κ3) is 7.94. The second-order valence-corrected chi connectivity index (χ2v) is 10.2. The standard InChI is InChI=1S/C30H37ClN6O5/c1-20(38)32-11-12-33-26-19-27(35-30(34-26)22-6-8-23(31)9-7-22)36-13-15-37(16-14-36)28(39)10-5-21-17-24(40-2)29(42-4)25(18-21)41-3/h6-9,17-19H,5,10-16H2,1-4H3,(H,32,38)(H,33,34,35). The first-order valence-corrected chi connectivity index (χ1v) is 14.1. The summed E-state index contributed by atoms with van der Waals surface area (Å²) in [5.41, 5.74) is 1.78. The number of methoxy groups -OCH3 is 3. The van der Waals surface area contributed by atoms with Crippen LogP contribution in [0.2, 0.25) is 5.02 Å². The molecule has 2 N–H and O–H groups in total. The number of halogens is 1. The number of amides is 2. The van der Waals surface area contributed by atoms with Crippen LogP contribution in [-0.4, -0.2) is 87.3 Å². The van der Waals surface area contributed by atoms with Crippen LogP contribution in [0, 0.1) is 0 Å². The molecular formula is C30H37ClN6O5. The Kier molecular flexibility index (Phi) is 10.7. The van der Waals surface area contributed by atoms with Crippen molar-refractivity contribution in [3.63, 3.8) is 0 Å². The summed E-state index contributed by atoms with van der Waals surface area (Å²) in [6.45, 7) is 4.92. The van der Waals surface area contributed by atoms with Crippen molar-refractivity contribution in [1.82, 2.24) is 20.2 Å². The summed E-state index contributed by atoms with van der Waals surface area (Å²) < 4.78 is 16.3. The van der Waals surface area contributed by atoms with Crippen LogP contribution < -0.4 is 29.7 Å². The molecule has 1 aliphatic heterocycles. The average molecular weight is 597 g/mol. The number of piperazine rings is 1. The van der Waals surface area contributed by atoms with Crippen LogP contribution in [0.15, 0.2) is 42.5 Å². The van der Waals surface area contributed by atoms with Gasteiger partial charge in [-0.3, -0.25) is 9.59 Å². The molecule has 42 heavy (non-hydrogen) atoms. The highest BCUT2D eigenvalue weighted by Crippen LogP contribution is 2.38. The Balaban J connectivity index is 1.41. The molecule has 2 heterocycles. The zero-order valence-corrected chi connectivity index (χ0v) is 25.2. The second kappa shape index (κ2) is 14.6. The van der Waals surface area contributed by atoms with Gasteiger partial charge in [0.25, 0.3) is 0 Å². The number of aromatic nitrogens is 2. The van der Waals surface area contributed by atoms with Gasteiger partial charge in [-0.2, -0.15) is 0 Å². The van der Waals surface area contributed by atoms with E-state index in [4.69, 9.17) is 30.8 Å². The van der Waals surface area contributed by atoms with Crippen LogP contribution >= 0.6 is 11.6 Å². The molecule has 2 amide bonds. The van der Waals surface area contributed by atoms with Gasteiger partial charge >= 0.3 is 0 Å². The van der Waals surface area contributed by atoms with Gasteiger partial charge in [0, 0.05) is 69.3 Å². The summed E-state index contributed by atoms with van der Waals surface area (Å²) in [4.78, 5) is 37.9. The van der Waals surface area contributed by atoms with Crippen molar-refractivity contribution in [1.29, 1.82) is 0 Å². The molecule has 0 aliphatic carbocycles. The maximum atomic E-state index is 13.1. The van der Waals surface area contributed by atoms with Gasteiger partial charge in [-0.05, 0) is 48.4 Å². The highest BCUT2D eigenvalue weighted by atomic mass is 35.5. The maximum Gasteiger partial charge on any atom is 0.223 e. The number of carbonyl (C=O) groups is 2. The van der Waals surface area contributed by atoms with E-state index in [1.54, 1.807) is 33.5 Å². The lowest BCUT2D eigenvalue weighted by Crippen LogP contribution is -2.49. The van der Waals surface area contributed by atoms with Gasteiger partial charge in [0.1, 0.15) is 11.6 Å². The molecule has 1 aliphatic rings. The first-order valence-electron chi connectivity index (χ1n) is 13.8. The Labute approximate surface area is 251 Å². The number of hydrogen-bond acceptors (Lipinski definition) is 9. The fourth-order valence-electron chi connectivity index (χ4n) is 4.72. The largest absolute Gasteiger partial charge is 0.493 e. The molecule has 0 bridgehead atoms. The van der Waals surface area contributed by atoms with Crippen LogP contribution in [0.1, 0.15) is 18.9 Å². The Bertz CT molecular complexity index is 1350. The van der Waals surface area contributed by atoms with E-state index in [0.29, 0.717) is 86.0 Å². The highest BCUT2D eigenvalue weighted by Gasteiger charge is 2.23. The quantitative estimate of drug-likeness (QED) is 0.302. The first-order chi connectivity index (χ1) is 20.3. The van der Waals surface area contributed by atoms with Gasteiger partial charge in [-0.15, -0.1) is 0 Å². The Morgan fingerprint density at radius 1 is 0.905 bits per heavy atom. The molecule has 0 unspecified atom stereocenters. The number of benzene rings is 2. The zero-order chi connectivity index (χ0) is 30.1. The van der Waals surface area contributed by atoms with E-state index in [1.165, 1.54) is 6.92 Å². The molecule has 1 fully saturated rings. The molecule has 0 radical (unpaired) electrons. The topological polar surface area (TPSA) is 118 Å². The van der Waals surface area contributed by atoms with E-state index < -0.39 is 0 Å². The van der Waals surface area contributed by atoms with Crippen molar-refractivity contribution >= 4 is 35.1 Å². The number of nitrogens with one attached hydrogen (secondary N) is 2. The van der Waals surface area contributed by atoms with Crippen molar-refractivity contribution in [3.05, 3.63) is 53.1 Å². The fourth-order valence-corrected chi connectivity index (χ4v) is 4.84. The lowest BCUT2D eigenvalue weighted by atomic mass is 10.1. The van der Waals surface area contributed by atoms with Gasteiger partial charge in [-0.25, -0.2) is 9.97 Å². The predicted molar refractivity (Wildman–Crippen MR) is 163 cm³/mol. The van der Waals surface area contributed by atoms with E-state index in [0.717, 1.165) is 16.9 Å². The van der Waals surface area contributed by atoms with E-state index in [2.05, 4.69) is 20.5 Å². The summed E-state index contributed by atoms with van der Waals surface area (Å²) in [7, 11) is 4.72. The summed E-state index contributed by atoms with van der Waals surface area (Å²) in [5.74, 6) is 3.66. The molecule has 12 heteroatoms. The lowest BCUT2D eigenvalue weighted by molar-refractivity contribution is -0.131. The van der Waals surface area contributed by atoms with Crippen molar-refractivity contribution in [2.24, 2.45) is 0 Å². The molecule has 0 spiro atoms. The lowest BCUT2D eigenvalue weighted by Gasteiger charge is -2.35. The Morgan fingerprint density at radius 2 is 1.57 bits per heavy atom. The van der Waals surface area contributed by atoms with Gasteiger partial charge in [-0.1, -0.05) is 11.6 Å². The molecule has 0 atom stereocenters.